The largest absolute Gasteiger partial charge is 0.495 e. The summed E-state index contributed by atoms with van der Waals surface area (Å²) in [6.45, 7) is 1.82. The molecule has 0 saturated carbocycles. The number of allylic oxidation sites excluding steroid dienone is 2. The van der Waals surface area contributed by atoms with E-state index in [1.807, 2.05) is 13.0 Å². The zero-order valence-corrected chi connectivity index (χ0v) is 13.2. The average molecular weight is 324 g/mol. The fraction of sp³-hybridized carbons (Fsp3) is 0.375. The molecule has 0 aliphatic heterocycles. The lowest BCUT2D eigenvalue weighted by Gasteiger charge is -2.24. The zero-order valence-electron chi connectivity index (χ0n) is 12.4. The van der Waals surface area contributed by atoms with Gasteiger partial charge in [0.1, 0.15) is 5.75 Å². The van der Waals surface area contributed by atoms with Crippen molar-refractivity contribution in [2.24, 2.45) is 11.8 Å². The van der Waals surface area contributed by atoms with Crippen molar-refractivity contribution < 1.29 is 19.4 Å². The lowest BCUT2D eigenvalue weighted by molar-refractivity contribution is -0.146. The molecule has 2 rings (SSSR count). The van der Waals surface area contributed by atoms with E-state index in [0.29, 0.717) is 29.3 Å². The molecule has 0 spiro atoms. The molecule has 0 radical (unpaired) electrons. The first kappa shape index (κ1) is 16.4. The van der Waals surface area contributed by atoms with Gasteiger partial charge in [-0.1, -0.05) is 23.8 Å². The molecule has 1 aromatic rings. The van der Waals surface area contributed by atoms with E-state index >= 15 is 0 Å². The monoisotopic (exact) mass is 323 g/mol. The van der Waals surface area contributed by atoms with Crippen molar-refractivity contribution in [3.05, 3.63) is 34.9 Å². The van der Waals surface area contributed by atoms with Crippen molar-refractivity contribution in [2.75, 3.05) is 12.4 Å². The molecule has 22 heavy (non-hydrogen) atoms. The second-order valence-corrected chi connectivity index (χ2v) is 5.69. The van der Waals surface area contributed by atoms with Gasteiger partial charge in [-0.15, -0.1) is 0 Å². The fourth-order valence-corrected chi connectivity index (χ4v) is 2.69. The van der Waals surface area contributed by atoms with Gasteiger partial charge in [-0.05, 0) is 31.4 Å². The summed E-state index contributed by atoms with van der Waals surface area (Å²) in [5.74, 6) is -2.13. The van der Waals surface area contributed by atoms with Crippen LogP contribution in [0.15, 0.2) is 24.3 Å². The highest BCUT2D eigenvalue weighted by Crippen LogP contribution is 2.33. The fourth-order valence-electron chi connectivity index (χ4n) is 2.53. The maximum absolute atomic E-state index is 12.4. The maximum atomic E-state index is 12.4. The summed E-state index contributed by atoms with van der Waals surface area (Å²) in [5, 5.41) is 12.6. The average Bonchev–Trinajstić information content (AvgIpc) is 2.50. The molecule has 6 heteroatoms. The Morgan fingerprint density at radius 3 is 2.50 bits per heavy atom. The van der Waals surface area contributed by atoms with Gasteiger partial charge in [0.15, 0.2) is 0 Å². The van der Waals surface area contributed by atoms with E-state index in [9.17, 15) is 14.7 Å². The molecule has 0 bridgehead atoms. The Balaban J connectivity index is 2.23. The van der Waals surface area contributed by atoms with E-state index in [2.05, 4.69) is 5.32 Å². The number of anilines is 1. The van der Waals surface area contributed by atoms with Crippen LogP contribution in [0.2, 0.25) is 5.02 Å². The van der Waals surface area contributed by atoms with Gasteiger partial charge in [0.05, 0.1) is 24.6 Å². The lowest BCUT2D eigenvalue weighted by Crippen LogP contribution is -2.34. The van der Waals surface area contributed by atoms with E-state index in [1.165, 1.54) is 7.11 Å². The van der Waals surface area contributed by atoms with Crippen LogP contribution in [-0.4, -0.2) is 24.1 Å². The molecule has 2 atom stereocenters. The van der Waals surface area contributed by atoms with Crippen LogP contribution in [0, 0.1) is 18.8 Å². The molecule has 0 fully saturated rings. The summed E-state index contributed by atoms with van der Waals surface area (Å²) in [7, 11) is 1.49. The molecule has 0 aromatic heterocycles. The van der Waals surface area contributed by atoms with E-state index < -0.39 is 17.8 Å². The number of aryl methyl sites for hydroxylation is 1. The number of methoxy groups -OCH3 is 1. The van der Waals surface area contributed by atoms with Gasteiger partial charge in [-0.3, -0.25) is 9.59 Å². The lowest BCUT2D eigenvalue weighted by atomic mass is 9.82. The number of carboxylic acid groups (broad SMARTS) is 1. The van der Waals surface area contributed by atoms with Crippen LogP contribution < -0.4 is 10.1 Å². The number of rotatable bonds is 4. The number of halogens is 1. The number of hydrogen-bond acceptors (Lipinski definition) is 3. The van der Waals surface area contributed by atoms with E-state index in [-0.39, 0.29) is 5.91 Å². The predicted octanol–water partition coefficient (Wildman–Crippen LogP) is 3.26. The number of carbonyl (C=O) groups excluding carboxylic acids is 1. The molecule has 5 nitrogen and oxygen atoms in total. The number of benzene rings is 1. The first-order chi connectivity index (χ1) is 10.4. The van der Waals surface area contributed by atoms with Crippen molar-refractivity contribution in [1.29, 1.82) is 0 Å². The minimum Gasteiger partial charge on any atom is -0.495 e. The molecule has 1 amide bonds. The number of nitrogens with one attached hydrogen (secondary N) is 1. The highest BCUT2D eigenvalue weighted by atomic mass is 35.5. The number of carbonyl (C=O) groups is 2. The summed E-state index contributed by atoms with van der Waals surface area (Å²) >= 11 is 6.03. The van der Waals surface area contributed by atoms with Crippen LogP contribution in [-0.2, 0) is 9.59 Å². The van der Waals surface area contributed by atoms with Crippen LogP contribution in [0.5, 0.6) is 5.75 Å². The van der Waals surface area contributed by atoms with Crippen molar-refractivity contribution in [3.8, 4) is 5.75 Å². The van der Waals surface area contributed by atoms with E-state index in [1.54, 1.807) is 18.2 Å². The van der Waals surface area contributed by atoms with Crippen LogP contribution in [0.1, 0.15) is 18.4 Å². The summed E-state index contributed by atoms with van der Waals surface area (Å²) in [6.07, 6.45) is 4.42. The van der Waals surface area contributed by atoms with E-state index in [0.717, 1.165) is 5.56 Å². The number of carboxylic acids is 1. The van der Waals surface area contributed by atoms with Crippen molar-refractivity contribution in [3.63, 3.8) is 0 Å². The predicted molar refractivity (Wildman–Crippen MR) is 84.4 cm³/mol. The molecular formula is C16H18ClNO4. The molecule has 1 aliphatic rings. The summed E-state index contributed by atoms with van der Waals surface area (Å²) in [5.41, 5.74) is 1.30. The van der Waals surface area contributed by atoms with Crippen molar-refractivity contribution in [1.82, 2.24) is 0 Å². The Morgan fingerprint density at radius 1 is 1.27 bits per heavy atom. The minimum absolute atomic E-state index is 0.322. The number of ether oxygens (including phenoxy) is 1. The van der Waals surface area contributed by atoms with Crippen molar-refractivity contribution in [2.45, 2.75) is 19.8 Å². The van der Waals surface area contributed by atoms with Crippen LogP contribution in [0.3, 0.4) is 0 Å². The van der Waals surface area contributed by atoms with Gasteiger partial charge in [-0.25, -0.2) is 0 Å². The molecule has 1 aliphatic carbocycles. The van der Waals surface area contributed by atoms with Crippen LogP contribution >= 0.6 is 11.6 Å². The number of hydrogen-bond donors (Lipinski definition) is 2. The quantitative estimate of drug-likeness (QED) is 0.834. The Labute approximate surface area is 133 Å². The molecule has 2 N–H and O–H groups in total. The second-order valence-electron chi connectivity index (χ2n) is 5.28. The second kappa shape index (κ2) is 6.83. The zero-order chi connectivity index (χ0) is 16.3. The molecule has 0 unspecified atom stereocenters. The van der Waals surface area contributed by atoms with Gasteiger partial charge < -0.3 is 15.2 Å². The molecule has 0 heterocycles. The SMILES string of the molecule is COc1cc(Cl)c(C)cc1NC(=O)[C@@H]1CC=CC[C@@H]1C(=O)O. The summed E-state index contributed by atoms with van der Waals surface area (Å²) in [6, 6.07) is 3.34. The normalized spacial score (nSPS) is 20.5. The third-order valence-corrected chi connectivity index (χ3v) is 4.23. The van der Waals surface area contributed by atoms with Crippen molar-refractivity contribution >= 4 is 29.2 Å². The van der Waals surface area contributed by atoms with Gasteiger partial charge in [0.25, 0.3) is 0 Å². The molecule has 118 valence electrons. The Hall–Kier alpha value is -2.01. The molecular weight excluding hydrogens is 306 g/mol. The molecule has 0 saturated heterocycles. The molecule has 1 aromatic carbocycles. The minimum atomic E-state index is -0.955. The van der Waals surface area contributed by atoms with Crippen LogP contribution in [0.25, 0.3) is 0 Å². The standard InChI is InChI=1S/C16H18ClNO4/c1-9-7-13(14(22-2)8-12(9)17)18-15(19)10-5-3-4-6-11(10)16(20)21/h3-4,7-8,10-11H,5-6H2,1-2H3,(H,18,19)(H,20,21)/t10-,11+/m1/s1. The summed E-state index contributed by atoms with van der Waals surface area (Å²) in [4.78, 5) is 23.7. The van der Waals surface area contributed by atoms with Gasteiger partial charge in [-0.2, -0.15) is 0 Å². The highest BCUT2D eigenvalue weighted by molar-refractivity contribution is 6.31. The van der Waals surface area contributed by atoms with E-state index in [4.69, 9.17) is 16.3 Å². The third-order valence-electron chi connectivity index (χ3n) is 3.82. The smallest absolute Gasteiger partial charge is 0.307 e. The maximum Gasteiger partial charge on any atom is 0.307 e. The first-order valence-electron chi connectivity index (χ1n) is 6.96. The Morgan fingerprint density at radius 2 is 1.91 bits per heavy atom. The third kappa shape index (κ3) is 3.42. The number of amides is 1. The van der Waals surface area contributed by atoms with Gasteiger partial charge in [0, 0.05) is 11.1 Å². The summed E-state index contributed by atoms with van der Waals surface area (Å²) < 4.78 is 5.21. The highest BCUT2D eigenvalue weighted by Gasteiger charge is 2.34. The number of aliphatic carboxylic acids is 1. The van der Waals surface area contributed by atoms with Crippen LogP contribution in [0.4, 0.5) is 5.69 Å². The first-order valence-corrected chi connectivity index (χ1v) is 7.34. The Kier molecular flexibility index (Phi) is 5.08. The topological polar surface area (TPSA) is 75.6 Å². The van der Waals surface area contributed by atoms with Gasteiger partial charge >= 0.3 is 5.97 Å². The Bertz CT molecular complexity index is 627. The van der Waals surface area contributed by atoms with Gasteiger partial charge in [0.2, 0.25) is 5.91 Å².